The molecule has 1 heterocycles. The Balaban J connectivity index is 2.03. The summed E-state index contributed by atoms with van der Waals surface area (Å²) in [6.45, 7) is 7.27. The monoisotopic (exact) mass is 170 g/mol. The molecule has 0 aliphatic carbocycles. The smallest absolute Gasteiger partial charge is 0.00192 e. The van der Waals surface area contributed by atoms with E-state index in [2.05, 4.69) is 24.2 Å². The van der Waals surface area contributed by atoms with Crippen LogP contribution in [0.4, 0.5) is 0 Å². The molecule has 1 rings (SSSR count). The van der Waals surface area contributed by atoms with Crippen molar-refractivity contribution in [1.29, 1.82) is 0 Å². The highest BCUT2D eigenvalue weighted by Gasteiger charge is 2.15. The van der Waals surface area contributed by atoms with Crippen LogP contribution in [0.2, 0.25) is 0 Å². The van der Waals surface area contributed by atoms with Gasteiger partial charge in [0, 0.05) is 6.54 Å². The van der Waals surface area contributed by atoms with Crippen molar-refractivity contribution in [2.45, 2.75) is 26.2 Å². The van der Waals surface area contributed by atoms with Crippen molar-refractivity contribution in [3.05, 3.63) is 0 Å². The fourth-order valence-electron chi connectivity index (χ4n) is 1.83. The molecule has 0 aromatic carbocycles. The zero-order valence-corrected chi connectivity index (χ0v) is 8.47. The molecule has 0 unspecified atom stereocenters. The lowest BCUT2D eigenvalue weighted by molar-refractivity contribution is 0.281. The molecular weight excluding hydrogens is 148 g/mol. The summed E-state index contributed by atoms with van der Waals surface area (Å²) in [6.07, 6.45) is 4.03. The molecule has 1 aliphatic rings. The summed E-state index contributed by atoms with van der Waals surface area (Å²) < 4.78 is 0. The van der Waals surface area contributed by atoms with E-state index in [1.807, 2.05) is 0 Å². The van der Waals surface area contributed by atoms with Crippen LogP contribution < -0.4 is 5.32 Å². The normalized spacial score (nSPS) is 23.8. The number of nitrogens with one attached hydrogen (secondary N) is 1. The molecule has 0 amide bonds. The van der Waals surface area contributed by atoms with Gasteiger partial charge < -0.3 is 10.2 Å². The lowest BCUT2D eigenvalue weighted by Crippen LogP contribution is -2.27. The fraction of sp³-hybridized carbons (Fsp3) is 1.00. The molecular formula is C10H22N2. The number of unbranched alkanes of at least 4 members (excludes halogenated alkanes) is 1. The van der Waals surface area contributed by atoms with Gasteiger partial charge in [-0.05, 0) is 45.4 Å². The van der Waals surface area contributed by atoms with E-state index in [9.17, 15) is 0 Å². The number of hydrogen-bond donors (Lipinski definition) is 1. The minimum absolute atomic E-state index is 0.909. The Morgan fingerprint density at radius 3 is 2.92 bits per heavy atom. The molecule has 0 bridgehead atoms. The molecule has 1 fully saturated rings. The largest absolute Gasteiger partial charge is 0.316 e. The Bertz CT molecular complexity index is 108. The van der Waals surface area contributed by atoms with Crippen LogP contribution in [0.1, 0.15) is 26.2 Å². The highest BCUT2D eigenvalue weighted by Crippen LogP contribution is 2.08. The van der Waals surface area contributed by atoms with E-state index in [0.29, 0.717) is 0 Å². The van der Waals surface area contributed by atoms with Crippen LogP contribution in [-0.4, -0.2) is 38.1 Å². The Morgan fingerprint density at radius 2 is 2.33 bits per heavy atom. The van der Waals surface area contributed by atoms with Gasteiger partial charge in [0.25, 0.3) is 0 Å². The van der Waals surface area contributed by atoms with Crippen LogP contribution >= 0.6 is 0 Å². The topological polar surface area (TPSA) is 15.3 Å². The quantitative estimate of drug-likeness (QED) is 0.669. The fourth-order valence-corrected chi connectivity index (χ4v) is 1.83. The lowest BCUT2D eigenvalue weighted by Gasteiger charge is -2.19. The number of hydrogen-bond acceptors (Lipinski definition) is 2. The van der Waals surface area contributed by atoms with Crippen molar-refractivity contribution in [3.63, 3.8) is 0 Å². The van der Waals surface area contributed by atoms with E-state index >= 15 is 0 Å². The molecule has 1 atom stereocenters. The Morgan fingerprint density at radius 1 is 1.50 bits per heavy atom. The Labute approximate surface area is 76.3 Å². The second-order valence-electron chi connectivity index (χ2n) is 3.97. The SMILES string of the molecule is CCCCN(C)C[C@H]1CCNC1. The van der Waals surface area contributed by atoms with Gasteiger partial charge in [-0.15, -0.1) is 0 Å². The van der Waals surface area contributed by atoms with Crippen molar-refractivity contribution in [2.75, 3.05) is 33.2 Å². The molecule has 1 N–H and O–H groups in total. The van der Waals surface area contributed by atoms with Gasteiger partial charge >= 0.3 is 0 Å². The predicted molar refractivity (Wildman–Crippen MR) is 53.4 cm³/mol. The number of rotatable bonds is 5. The maximum Gasteiger partial charge on any atom is 0.00192 e. The molecule has 12 heavy (non-hydrogen) atoms. The first-order valence-corrected chi connectivity index (χ1v) is 5.22. The predicted octanol–water partition coefficient (Wildman–Crippen LogP) is 1.33. The maximum absolute atomic E-state index is 3.41. The molecule has 1 saturated heterocycles. The van der Waals surface area contributed by atoms with Gasteiger partial charge in [0.05, 0.1) is 0 Å². The summed E-state index contributed by atoms with van der Waals surface area (Å²) in [5, 5.41) is 3.41. The molecule has 2 nitrogen and oxygen atoms in total. The molecule has 2 heteroatoms. The van der Waals surface area contributed by atoms with Crippen LogP contribution in [0.15, 0.2) is 0 Å². The third-order valence-corrected chi connectivity index (χ3v) is 2.63. The zero-order valence-electron chi connectivity index (χ0n) is 8.47. The average molecular weight is 170 g/mol. The summed E-state index contributed by atoms with van der Waals surface area (Å²) in [5.74, 6) is 0.909. The lowest BCUT2D eigenvalue weighted by atomic mass is 10.1. The first-order valence-electron chi connectivity index (χ1n) is 5.22. The van der Waals surface area contributed by atoms with E-state index in [1.54, 1.807) is 0 Å². The van der Waals surface area contributed by atoms with E-state index in [1.165, 1.54) is 45.4 Å². The van der Waals surface area contributed by atoms with Gasteiger partial charge in [-0.3, -0.25) is 0 Å². The van der Waals surface area contributed by atoms with E-state index in [-0.39, 0.29) is 0 Å². The highest BCUT2D eigenvalue weighted by molar-refractivity contribution is 4.73. The second kappa shape index (κ2) is 5.55. The molecule has 0 radical (unpaired) electrons. The van der Waals surface area contributed by atoms with Crippen LogP contribution in [0, 0.1) is 5.92 Å². The van der Waals surface area contributed by atoms with Crippen molar-refractivity contribution < 1.29 is 0 Å². The van der Waals surface area contributed by atoms with E-state index in [4.69, 9.17) is 0 Å². The summed E-state index contributed by atoms with van der Waals surface area (Å²) in [4.78, 5) is 2.47. The van der Waals surface area contributed by atoms with E-state index in [0.717, 1.165) is 5.92 Å². The zero-order chi connectivity index (χ0) is 8.81. The molecule has 1 aliphatic heterocycles. The molecule has 0 aromatic heterocycles. The molecule has 0 spiro atoms. The minimum atomic E-state index is 0.909. The van der Waals surface area contributed by atoms with Gasteiger partial charge in [-0.1, -0.05) is 13.3 Å². The third-order valence-electron chi connectivity index (χ3n) is 2.63. The van der Waals surface area contributed by atoms with Crippen LogP contribution in [0.25, 0.3) is 0 Å². The average Bonchev–Trinajstić information content (AvgIpc) is 2.53. The maximum atomic E-state index is 3.41. The first-order chi connectivity index (χ1) is 5.83. The third kappa shape index (κ3) is 3.55. The minimum Gasteiger partial charge on any atom is -0.316 e. The van der Waals surface area contributed by atoms with Crippen molar-refractivity contribution in [1.82, 2.24) is 10.2 Å². The summed E-state index contributed by atoms with van der Waals surface area (Å²) in [6, 6.07) is 0. The van der Waals surface area contributed by atoms with Crippen molar-refractivity contribution in [3.8, 4) is 0 Å². The van der Waals surface area contributed by atoms with E-state index < -0.39 is 0 Å². The number of nitrogens with zero attached hydrogens (tertiary/aromatic N) is 1. The highest BCUT2D eigenvalue weighted by atomic mass is 15.1. The second-order valence-corrected chi connectivity index (χ2v) is 3.97. The van der Waals surface area contributed by atoms with Crippen molar-refractivity contribution >= 4 is 0 Å². The Hall–Kier alpha value is -0.0800. The van der Waals surface area contributed by atoms with Gasteiger partial charge in [0.2, 0.25) is 0 Å². The van der Waals surface area contributed by atoms with Gasteiger partial charge in [-0.25, -0.2) is 0 Å². The van der Waals surface area contributed by atoms with Gasteiger partial charge in [-0.2, -0.15) is 0 Å². The van der Waals surface area contributed by atoms with Crippen molar-refractivity contribution in [2.24, 2.45) is 5.92 Å². The molecule has 0 saturated carbocycles. The van der Waals surface area contributed by atoms with Gasteiger partial charge in [0.15, 0.2) is 0 Å². The van der Waals surface area contributed by atoms with Gasteiger partial charge in [0.1, 0.15) is 0 Å². The van der Waals surface area contributed by atoms with Crippen LogP contribution in [-0.2, 0) is 0 Å². The summed E-state index contributed by atoms with van der Waals surface area (Å²) in [5.41, 5.74) is 0. The van der Waals surface area contributed by atoms with Crippen LogP contribution in [0.5, 0.6) is 0 Å². The standard InChI is InChI=1S/C10H22N2/c1-3-4-7-12(2)9-10-5-6-11-8-10/h10-11H,3-9H2,1-2H3/t10-/m0/s1. The molecule has 0 aromatic rings. The Kier molecular flexibility index (Phi) is 4.62. The van der Waals surface area contributed by atoms with Crippen LogP contribution in [0.3, 0.4) is 0 Å². The summed E-state index contributed by atoms with van der Waals surface area (Å²) >= 11 is 0. The molecule has 72 valence electrons. The summed E-state index contributed by atoms with van der Waals surface area (Å²) in [7, 11) is 2.24. The first kappa shape index (κ1) is 10.0.